The first kappa shape index (κ1) is 9.91. The Morgan fingerprint density at radius 3 is 2.88 bits per heavy atom. The first-order valence-electron chi connectivity index (χ1n) is 6.04. The summed E-state index contributed by atoms with van der Waals surface area (Å²) in [6.07, 6.45) is 4.84. The summed E-state index contributed by atoms with van der Waals surface area (Å²) >= 11 is 0. The average molecular weight is 214 g/mol. The zero-order valence-electron chi connectivity index (χ0n) is 9.93. The van der Waals surface area contributed by atoms with Crippen LogP contribution in [-0.2, 0) is 6.54 Å². The van der Waals surface area contributed by atoms with E-state index in [4.69, 9.17) is 0 Å². The summed E-state index contributed by atoms with van der Waals surface area (Å²) in [6, 6.07) is 5.26. The van der Waals surface area contributed by atoms with Gasteiger partial charge in [0.15, 0.2) is 0 Å². The molecule has 0 amide bonds. The fourth-order valence-corrected chi connectivity index (χ4v) is 2.43. The van der Waals surface area contributed by atoms with Crippen molar-refractivity contribution >= 4 is 10.9 Å². The van der Waals surface area contributed by atoms with E-state index in [9.17, 15) is 0 Å². The zero-order valence-corrected chi connectivity index (χ0v) is 9.93. The Bertz CT molecular complexity index is 521. The standard InChI is InChI=1S/C14H18N2/c1-9-5-10(2)14-11(7-15-12-3-4-12)8-16-13(14)6-9/h5-6,8,12,15-16H,3-4,7H2,1-2H3. The topological polar surface area (TPSA) is 27.8 Å². The number of hydrogen-bond donors (Lipinski definition) is 2. The van der Waals surface area contributed by atoms with Gasteiger partial charge < -0.3 is 10.3 Å². The van der Waals surface area contributed by atoms with E-state index >= 15 is 0 Å². The lowest BCUT2D eigenvalue weighted by Gasteiger charge is -2.04. The molecular formula is C14H18N2. The van der Waals surface area contributed by atoms with Crippen LogP contribution in [0.4, 0.5) is 0 Å². The van der Waals surface area contributed by atoms with Crippen LogP contribution in [0.15, 0.2) is 18.3 Å². The molecule has 84 valence electrons. The number of aromatic nitrogens is 1. The van der Waals surface area contributed by atoms with Gasteiger partial charge in [0, 0.05) is 29.7 Å². The molecule has 2 nitrogen and oxygen atoms in total. The Morgan fingerprint density at radius 2 is 2.12 bits per heavy atom. The quantitative estimate of drug-likeness (QED) is 0.807. The molecule has 1 aromatic carbocycles. The minimum Gasteiger partial charge on any atom is -0.361 e. The van der Waals surface area contributed by atoms with Gasteiger partial charge in [-0.3, -0.25) is 0 Å². The molecule has 1 aromatic heterocycles. The van der Waals surface area contributed by atoms with Crippen LogP contribution in [0.1, 0.15) is 29.5 Å². The van der Waals surface area contributed by atoms with Crippen molar-refractivity contribution in [1.82, 2.24) is 10.3 Å². The van der Waals surface area contributed by atoms with Gasteiger partial charge in [0.2, 0.25) is 0 Å². The van der Waals surface area contributed by atoms with Gasteiger partial charge in [0.05, 0.1) is 0 Å². The lowest BCUT2D eigenvalue weighted by atomic mass is 10.0. The van der Waals surface area contributed by atoms with Crippen molar-refractivity contribution in [2.24, 2.45) is 0 Å². The molecule has 16 heavy (non-hydrogen) atoms. The molecule has 2 aromatic rings. The third kappa shape index (κ3) is 1.74. The molecule has 0 saturated heterocycles. The maximum atomic E-state index is 3.57. The zero-order chi connectivity index (χ0) is 11.1. The van der Waals surface area contributed by atoms with E-state index in [1.807, 2.05) is 0 Å². The van der Waals surface area contributed by atoms with E-state index in [1.54, 1.807) is 0 Å². The van der Waals surface area contributed by atoms with Gasteiger partial charge >= 0.3 is 0 Å². The van der Waals surface area contributed by atoms with Crippen LogP contribution in [0.5, 0.6) is 0 Å². The Labute approximate surface area is 96.1 Å². The van der Waals surface area contributed by atoms with Crippen LogP contribution in [0.3, 0.4) is 0 Å². The second kappa shape index (κ2) is 3.63. The van der Waals surface area contributed by atoms with E-state index in [0.717, 1.165) is 12.6 Å². The van der Waals surface area contributed by atoms with E-state index in [2.05, 4.69) is 42.5 Å². The van der Waals surface area contributed by atoms with E-state index < -0.39 is 0 Å². The van der Waals surface area contributed by atoms with Crippen LogP contribution < -0.4 is 5.32 Å². The summed E-state index contributed by atoms with van der Waals surface area (Å²) in [5, 5.41) is 4.97. The molecule has 0 spiro atoms. The van der Waals surface area contributed by atoms with Crippen molar-refractivity contribution in [2.45, 2.75) is 39.3 Å². The van der Waals surface area contributed by atoms with E-state index in [-0.39, 0.29) is 0 Å². The number of hydrogen-bond acceptors (Lipinski definition) is 1. The first-order valence-corrected chi connectivity index (χ1v) is 6.04. The number of aromatic amines is 1. The lowest BCUT2D eigenvalue weighted by molar-refractivity contribution is 0.691. The maximum Gasteiger partial charge on any atom is 0.0462 e. The predicted octanol–water partition coefficient (Wildman–Crippen LogP) is 3.04. The molecular weight excluding hydrogens is 196 g/mol. The predicted molar refractivity (Wildman–Crippen MR) is 67.6 cm³/mol. The molecule has 0 atom stereocenters. The molecule has 1 aliphatic carbocycles. The fourth-order valence-electron chi connectivity index (χ4n) is 2.43. The largest absolute Gasteiger partial charge is 0.361 e. The van der Waals surface area contributed by atoms with Gasteiger partial charge in [-0.1, -0.05) is 6.07 Å². The fraction of sp³-hybridized carbons (Fsp3) is 0.429. The highest BCUT2D eigenvalue weighted by atomic mass is 14.9. The van der Waals surface area contributed by atoms with Crippen LogP contribution in [-0.4, -0.2) is 11.0 Å². The number of benzene rings is 1. The third-order valence-electron chi connectivity index (χ3n) is 3.36. The number of H-pyrrole nitrogens is 1. The highest BCUT2D eigenvalue weighted by Gasteiger charge is 2.20. The molecule has 1 saturated carbocycles. The lowest BCUT2D eigenvalue weighted by Crippen LogP contribution is -2.14. The van der Waals surface area contributed by atoms with Gasteiger partial charge in [0.1, 0.15) is 0 Å². The van der Waals surface area contributed by atoms with Gasteiger partial charge in [-0.2, -0.15) is 0 Å². The van der Waals surface area contributed by atoms with Crippen molar-refractivity contribution in [1.29, 1.82) is 0 Å². The second-order valence-electron chi connectivity index (χ2n) is 4.97. The van der Waals surface area contributed by atoms with Crippen molar-refractivity contribution in [3.63, 3.8) is 0 Å². The first-order chi connectivity index (χ1) is 7.74. The second-order valence-corrected chi connectivity index (χ2v) is 4.97. The third-order valence-corrected chi connectivity index (χ3v) is 3.36. The molecule has 0 bridgehead atoms. The minimum atomic E-state index is 0.774. The summed E-state index contributed by atoms with van der Waals surface area (Å²) in [4.78, 5) is 3.37. The highest BCUT2D eigenvalue weighted by molar-refractivity contribution is 5.87. The monoisotopic (exact) mass is 214 g/mol. The van der Waals surface area contributed by atoms with Crippen molar-refractivity contribution in [2.75, 3.05) is 0 Å². The number of nitrogens with one attached hydrogen (secondary N) is 2. The maximum absolute atomic E-state index is 3.57. The smallest absolute Gasteiger partial charge is 0.0462 e. The van der Waals surface area contributed by atoms with Crippen LogP contribution in [0, 0.1) is 13.8 Å². The normalized spacial score (nSPS) is 15.9. The molecule has 2 N–H and O–H groups in total. The number of fused-ring (bicyclic) bond motifs is 1. The van der Waals surface area contributed by atoms with Crippen LogP contribution in [0.2, 0.25) is 0 Å². The molecule has 0 aliphatic heterocycles. The van der Waals surface area contributed by atoms with Crippen molar-refractivity contribution in [3.05, 3.63) is 35.0 Å². The van der Waals surface area contributed by atoms with E-state index in [0.29, 0.717) is 0 Å². The SMILES string of the molecule is Cc1cc(C)c2c(CNC3CC3)c[nH]c2c1. The van der Waals surface area contributed by atoms with Gasteiger partial charge in [-0.05, 0) is 49.4 Å². The summed E-state index contributed by atoms with van der Waals surface area (Å²) in [6.45, 7) is 5.34. The molecule has 2 heteroatoms. The molecule has 1 aliphatic rings. The molecule has 1 fully saturated rings. The Balaban J connectivity index is 1.97. The van der Waals surface area contributed by atoms with Crippen LogP contribution in [0.25, 0.3) is 10.9 Å². The summed E-state index contributed by atoms with van der Waals surface area (Å²) in [5.41, 5.74) is 5.38. The van der Waals surface area contributed by atoms with Gasteiger partial charge in [0.25, 0.3) is 0 Å². The number of aryl methyl sites for hydroxylation is 2. The average Bonchev–Trinajstić information content (AvgIpc) is 2.96. The highest BCUT2D eigenvalue weighted by Crippen LogP contribution is 2.25. The Kier molecular flexibility index (Phi) is 2.25. The summed E-state index contributed by atoms with van der Waals surface area (Å²) in [5.74, 6) is 0. The van der Waals surface area contributed by atoms with E-state index in [1.165, 1.54) is 40.4 Å². The Hall–Kier alpha value is -1.28. The number of rotatable bonds is 3. The van der Waals surface area contributed by atoms with Crippen LogP contribution >= 0.6 is 0 Å². The van der Waals surface area contributed by atoms with Crippen molar-refractivity contribution < 1.29 is 0 Å². The summed E-state index contributed by atoms with van der Waals surface area (Å²) in [7, 11) is 0. The molecule has 0 radical (unpaired) electrons. The Morgan fingerprint density at radius 1 is 1.31 bits per heavy atom. The molecule has 0 unspecified atom stereocenters. The molecule has 1 heterocycles. The van der Waals surface area contributed by atoms with Gasteiger partial charge in [-0.25, -0.2) is 0 Å². The van der Waals surface area contributed by atoms with Gasteiger partial charge in [-0.15, -0.1) is 0 Å². The molecule has 3 rings (SSSR count). The van der Waals surface area contributed by atoms with Crippen molar-refractivity contribution in [3.8, 4) is 0 Å². The minimum absolute atomic E-state index is 0.774. The summed E-state index contributed by atoms with van der Waals surface area (Å²) < 4.78 is 0.